The van der Waals surface area contributed by atoms with Gasteiger partial charge in [0.15, 0.2) is 0 Å². The Bertz CT molecular complexity index is 579. The Hall–Kier alpha value is -1.68. The summed E-state index contributed by atoms with van der Waals surface area (Å²) in [6, 6.07) is 6.74. The number of hydrogen-bond acceptors (Lipinski definition) is 3. The van der Waals surface area contributed by atoms with Crippen LogP contribution in [0.25, 0.3) is 10.8 Å². The Morgan fingerprint density at radius 3 is 2.95 bits per heavy atom. The minimum absolute atomic E-state index is 0.216. The highest BCUT2D eigenvalue weighted by Gasteiger charge is 2.12. The van der Waals surface area contributed by atoms with Crippen LogP contribution in [0, 0.1) is 11.7 Å². The highest BCUT2D eigenvalue weighted by atomic mass is 19.1. The van der Waals surface area contributed by atoms with Crippen molar-refractivity contribution in [3.8, 4) is 0 Å². The molecule has 0 spiro atoms. The molecule has 1 aromatic carbocycles. The molecule has 0 saturated carbocycles. The van der Waals surface area contributed by atoms with Gasteiger partial charge in [0.25, 0.3) is 0 Å². The zero-order valence-electron chi connectivity index (χ0n) is 11.5. The molecule has 3 nitrogen and oxygen atoms in total. The maximum atomic E-state index is 13.4. The van der Waals surface area contributed by atoms with Gasteiger partial charge in [-0.1, -0.05) is 6.07 Å². The number of benzene rings is 1. The molecule has 3 rings (SSSR count). The number of halogens is 1. The summed E-state index contributed by atoms with van der Waals surface area (Å²) >= 11 is 0. The van der Waals surface area contributed by atoms with E-state index in [1.54, 1.807) is 18.3 Å². The number of aromatic nitrogens is 1. The Morgan fingerprint density at radius 1 is 1.25 bits per heavy atom. The molecule has 1 aliphatic rings. The van der Waals surface area contributed by atoms with E-state index in [9.17, 15) is 4.39 Å². The molecule has 4 heteroatoms. The lowest BCUT2D eigenvalue weighted by atomic mass is 9.95. The lowest BCUT2D eigenvalue weighted by Crippen LogP contribution is -2.28. The molecule has 1 aliphatic heterocycles. The lowest BCUT2D eigenvalue weighted by molar-refractivity contribution is 0.361. The van der Waals surface area contributed by atoms with Crippen LogP contribution in [0.4, 0.5) is 10.2 Å². The Labute approximate surface area is 118 Å². The van der Waals surface area contributed by atoms with E-state index >= 15 is 0 Å². The summed E-state index contributed by atoms with van der Waals surface area (Å²) in [5.41, 5.74) is 0. The number of rotatable bonds is 4. The number of pyridine rings is 1. The van der Waals surface area contributed by atoms with Gasteiger partial charge in [-0.15, -0.1) is 0 Å². The number of nitrogens with one attached hydrogen (secondary N) is 2. The monoisotopic (exact) mass is 273 g/mol. The van der Waals surface area contributed by atoms with E-state index < -0.39 is 0 Å². The molecule has 0 atom stereocenters. The molecule has 0 amide bonds. The molecule has 1 saturated heterocycles. The van der Waals surface area contributed by atoms with Crippen LogP contribution < -0.4 is 10.6 Å². The quantitative estimate of drug-likeness (QED) is 0.898. The third-order valence-electron chi connectivity index (χ3n) is 4.03. The van der Waals surface area contributed by atoms with Gasteiger partial charge >= 0.3 is 0 Å². The van der Waals surface area contributed by atoms with Crippen molar-refractivity contribution in [2.75, 3.05) is 25.0 Å². The number of nitrogens with zero attached hydrogens (tertiary/aromatic N) is 1. The minimum Gasteiger partial charge on any atom is -0.370 e. The first kappa shape index (κ1) is 13.3. The van der Waals surface area contributed by atoms with Crippen molar-refractivity contribution in [3.63, 3.8) is 0 Å². The standard InChI is InChI=1S/C16H20FN3/c17-14-2-1-13-6-10-20-16(15(13)11-14)19-9-5-12-3-7-18-8-4-12/h1-2,6,10-12,18H,3-5,7-9H2,(H,19,20). The average molecular weight is 273 g/mol. The predicted octanol–water partition coefficient (Wildman–Crippen LogP) is 3.18. The second kappa shape index (κ2) is 6.18. The van der Waals surface area contributed by atoms with Gasteiger partial charge in [0, 0.05) is 18.1 Å². The van der Waals surface area contributed by atoms with E-state index in [4.69, 9.17) is 0 Å². The second-order valence-electron chi connectivity index (χ2n) is 5.43. The average Bonchev–Trinajstić information content (AvgIpc) is 2.49. The van der Waals surface area contributed by atoms with Crippen LogP contribution in [-0.2, 0) is 0 Å². The molecule has 1 aromatic heterocycles. The summed E-state index contributed by atoms with van der Waals surface area (Å²) in [4.78, 5) is 4.34. The number of hydrogen-bond donors (Lipinski definition) is 2. The summed E-state index contributed by atoms with van der Waals surface area (Å²) < 4.78 is 13.4. The molecule has 2 aromatic rings. The normalized spacial score (nSPS) is 16.4. The van der Waals surface area contributed by atoms with Crippen molar-refractivity contribution in [2.24, 2.45) is 5.92 Å². The van der Waals surface area contributed by atoms with Crippen molar-refractivity contribution < 1.29 is 4.39 Å². The van der Waals surface area contributed by atoms with Crippen molar-refractivity contribution in [3.05, 3.63) is 36.3 Å². The summed E-state index contributed by atoms with van der Waals surface area (Å²) in [6.07, 6.45) is 5.42. The Kier molecular flexibility index (Phi) is 4.11. The Balaban J connectivity index is 1.66. The van der Waals surface area contributed by atoms with Crippen molar-refractivity contribution in [1.29, 1.82) is 0 Å². The van der Waals surface area contributed by atoms with Gasteiger partial charge < -0.3 is 10.6 Å². The van der Waals surface area contributed by atoms with E-state index in [1.165, 1.54) is 18.9 Å². The van der Waals surface area contributed by atoms with E-state index in [2.05, 4.69) is 15.6 Å². The van der Waals surface area contributed by atoms with E-state index in [-0.39, 0.29) is 5.82 Å². The summed E-state index contributed by atoms with van der Waals surface area (Å²) in [5.74, 6) is 1.36. The zero-order valence-corrected chi connectivity index (χ0v) is 11.5. The number of fused-ring (bicyclic) bond motifs is 1. The minimum atomic E-state index is -0.216. The van der Waals surface area contributed by atoms with Crippen LogP contribution in [0.5, 0.6) is 0 Å². The fraction of sp³-hybridized carbons (Fsp3) is 0.438. The van der Waals surface area contributed by atoms with Crippen LogP contribution >= 0.6 is 0 Å². The smallest absolute Gasteiger partial charge is 0.133 e. The second-order valence-corrected chi connectivity index (χ2v) is 5.43. The van der Waals surface area contributed by atoms with Crippen LogP contribution in [0.2, 0.25) is 0 Å². The number of piperidine rings is 1. The van der Waals surface area contributed by atoms with Crippen LogP contribution in [0.15, 0.2) is 30.5 Å². The molecule has 106 valence electrons. The van der Waals surface area contributed by atoms with Gasteiger partial charge in [-0.2, -0.15) is 0 Å². The van der Waals surface area contributed by atoms with Crippen molar-refractivity contribution >= 4 is 16.6 Å². The van der Waals surface area contributed by atoms with Crippen LogP contribution in [0.3, 0.4) is 0 Å². The summed E-state index contributed by atoms with van der Waals surface area (Å²) in [6.45, 7) is 3.15. The lowest BCUT2D eigenvalue weighted by Gasteiger charge is -2.22. The first-order valence-corrected chi connectivity index (χ1v) is 7.32. The van der Waals surface area contributed by atoms with Gasteiger partial charge in [-0.25, -0.2) is 9.37 Å². The highest BCUT2D eigenvalue weighted by molar-refractivity contribution is 5.91. The fourth-order valence-corrected chi connectivity index (χ4v) is 2.85. The van der Waals surface area contributed by atoms with E-state index in [0.717, 1.165) is 48.6 Å². The summed E-state index contributed by atoms with van der Waals surface area (Å²) in [5, 5.41) is 8.62. The predicted molar refractivity (Wildman–Crippen MR) is 80.4 cm³/mol. The SMILES string of the molecule is Fc1ccc2ccnc(NCCC3CCNCC3)c2c1. The molecule has 0 radical (unpaired) electrons. The van der Waals surface area contributed by atoms with Gasteiger partial charge in [0.1, 0.15) is 11.6 Å². The largest absolute Gasteiger partial charge is 0.370 e. The highest BCUT2D eigenvalue weighted by Crippen LogP contribution is 2.22. The number of anilines is 1. The first-order chi connectivity index (χ1) is 9.83. The first-order valence-electron chi connectivity index (χ1n) is 7.32. The molecule has 0 unspecified atom stereocenters. The Morgan fingerprint density at radius 2 is 2.10 bits per heavy atom. The van der Waals surface area contributed by atoms with E-state index in [0.29, 0.717) is 0 Å². The van der Waals surface area contributed by atoms with Gasteiger partial charge in [-0.05, 0) is 61.9 Å². The van der Waals surface area contributed by atoms with Crippen LogP contribution in [-0.4, -0.2) is 24.6 Å². The van der Waals surface area contributed by atoms with Crippen molar-refractivity contribution in [1.82, 2.24) is 10.3 Å². The fourth-order valence-electron chi connectivity index (χ4n) is 2.85. The molecular formula is C16H20FN3. The molecule has 20 heavy (non-hydrogen) atoms. The van der Waals surface area contributed by atoms with Gasteiger partial charge in [-0.3, -0.25) is 0 Å². The topological polar surface area (TPSA) is 37.0 Å². The molecule has 0 bridgehead atoms. The third-order valence-corrected chi connectivity index (χ3v) is 4.03. The van der Waals surface area contributed by atoms with Gasteiger partial charge in [0.2, 0.25) is 0 Å². The molecule has 1 fully saturated rings. The third kappa shape index (κ3) is 3.07. The molecule has 2 heterocycles. The summed E-state index contributed by atoms with van der Waals surface area (Å²) in [7, 11) is 0. The van der Waals surface area contributed by atoms with Gasteiger partial charge in [0.05, 0.1) is 0 Å². The zero-order chi connectivity index (χ0) is 13.8. The van der Waals surface area contributed by atoms with E-state index in [1.807, 2.05) is 6.07 Å². The maximum absolute atomic E-state index is 13.4. The van der Waals surface area contributed by atoms with Crippen LogP contribution in [0.1, 0.15) is 19.3 Å². The maximum Gasteiger partial charge on any atom is 0.133 e. The molecule has 0 aliphatic carbocycles. The van der Waals surface area contributed by atoms with Crippen molar-refractivity contribution in [2.45, 2.75) is 19.3 Å². The molecular weight excluding hydrogens is 253 g/mol. The molecule has 2 N–H and O–H groups in total.